The Morgan fingerprint density at radius 3 is 1.80 bits per heavy atom. The second-order valence-electron chi connectivity index (χ2n) is 7.13. The molecule has 0 heterocycles. The lowest BCUT2D eigenvalue weighted by Crippen LogP contribution is -2.34. The molecule has 0 saturated carbocycles. The standard InChI is InChI=1S/C21H34O4/c1-9-10-18(11-13-24-19(22)15(2)3)21(8,17(6)7)12-14-25-20(23)16(4)5/h18H,1-2,4,9-14H2,3,5-8H3. The second-order valence-corrected chi connectivity index (χ2v) is 7.13. The zero-order valence-electron chi connectivity index (χ0n) is 16.6. The Bertz CT molecular complexity index is 478. The van der Waals surface area contributed by atoms with Crippen LogP contribution in [0.1, 0.15) is 60.3 Å². The van der Waals surface area contributed by atoms with E-state index in [1.165, 1.54) is 5.92 Å². The molecule has 0 fully saturated rings. The largest absolute Gasteiger partial charge is 0.462 e. The van der Waals surface area contributed by atoms with Gasteiger partial charge in [-0.2, -0.15) is 0 Å². The highest BCUT2D eigenvalue weighted by Crippen LogP contribution is 2.44. The van der Waals surface area contributed by atoms with Crippen molar-refractivity contribution in [2.24, 2.45) is 11.3 Å². The van der Waals surface area contributed by atoms with E-state index in [-0.39, 0.29) is 23.3 Å². The van der Waals surface area contributed by atoms with Crippen LogP contribution < -0.4 is 0 Å². The van der Waals surface area contributed by atoms with Gasteiger partial charge in [0.1, 0.15) is 0 Å². The van der Waals surface area contributed by atoms with Crippen LogP contribution >= 0.6 is 0 Å². The lowest BCUT2D eigenvalue weighted by atomic mass is 9.64. The molecule has 4 heteroatoms. The normalized spacial score (nSPS) is 14.5. The molecule has 0 rings (SSSR count). The van der Waals surface area contributed by atoms with Crippen molar-refractivity contribution >= 4 is 11.9 Å². The summed E-state index contributed by atoms with van der Waals surface area (Å²) in [7, 11) is 0. The molecule has 0 spiro atoms. The first-order valence-corrected chi connectivity index (χ1v) is 8.81. The minimum atomic E-state index is -0.361. The third-order valence-corrected chi connectivity index (χ3v) is 4.85. The highest BCUT2D eigenvalue weighted by atomic mass is 16.5. The number of rotatable bonds is 12. The maximum Gasteiger partial charge on any atom is 0.333 e. The van der Waals surface area contributed by atoms with E-state index >= 15 is 0 Å². The monoisotopic (exact) mass is 350 g/mol. The third kappa shape index (κ3) is 7.89. The van der Waals surface area contributed by atoms with Gasteiger partial charge >= 0.3 is 11.9 Å². The molecular formula is C21H34O4. The van der Waals surface area contributed by atoms with Crippen molar-refractivity contribution in [2.45, 2.75) is 60.3 Å². The van der Waals surface area contributed by atoms with Crippen LogP contribution in [0.5, 0.6) is 0 Å². The predicted octanol–water partition coefficient (Wildman–Crippen LogP) is 4.86. The third-order valence-electron chi connectivity index (χ3n) is 4.85. The van der Waals surface area contributed by atoms with E-state index < -0.39 is 0 Å². The lowest BCUT2D eigenvalue weighted by Gasteiger charge is -2.41. The van der Waals surface area contributed by atoms with Crippen molar-refractivity contribution in [1.82, 2.24) is 0 Å². The summed E-state index contributed by atoms with van der Waals surface area (Å²) in [5, 5.41) is 0. The Labute approximate surface area is 153 Å². The number of hydrogen-bond acceptors (Lipinski definition) is 4. The van der Waals surface area contributed by atoms with Crippen molar-refractivity contribution in [2.75, 3.05) is 13.2 Å². The topological polar surface area (TPSA) is 52.6 Å². The first kappa shape index (κ1) is 23.4. The Balaban J connectivity index is 4.90. The van der Waals surface area contributed by atoms with Crippen LogP contribution in [-0.2, 0) is 19.1 Å². The molecule has 142 valence electrons. The van der Waals surface area contributed by atoms with Gasteiger partial charge in [0.05, 0.1) is 13.2 Å². The number of carbonyl (C=O) groups is 2. The maximum absolute atomic E-state index is 11.6. The van der Waals surface area contributed by atoms with Gasteiger partial charge in [-0.15, -0.1) is 0 Å². The summed E-state index contributed by atoms with van der Waals surface area (Å²) in [6, 6.07) is 0. The minimum Gasteiger partial charge on any atom is -0.462 e. The lowest BCUT2D eigenvalue weighted by molar-refractivity contribution is -0.141. The first-order valence-electron chi connectivity index (χ1n) is 8.81. The summed E-state index contributed by atoms with van der Waals surface area (Å²) in [5.41, 5.74) is 0.684. The summed E-state index contributed by atoms with van der Waals surface area (Å²) in [6.45, 7) is 21.5. The van der Waals surface area contributed by atoms with Crippen LogP contribution in [-0.4, -0.2) is 25.2 Å². The highest BCUT2D eigenvalue weighted by Gasteiger charge is 2.37. The summed E-state index contributed by atoms with van der Waals surface area (Å²) in [6.07, 6.45) is 3.17. The number of esters is 2. The highest BCUT2D eigenvalue weighted by molar-refractivity contribution is 5.87. The van der Waals surface area contributed by atoms with E-state index in [0.717, 1.165) is 19.3 Å². The molecule has 0 aliphatic rings. The number of ether oxygens (including phenoxy) is 2. The van der Waals surface area contributed by atoms with Crippen LogP contribution in [0.15, 0.2) is 24.3 Å². The van der Waals surface area contributed by atoms with Gasteiger partial charge in [0.2, 0.25) is 0 Å². The van der Waals surface area contributed by atoms with Gasteiger partial charge < -0.3 is 9.47 Å². The molecule has 4 nitrogen and oxygen atoms in total. The summed E-state index contributed by atoms with van der Waals surface area (Å²) >= 11 is 0. The predicted molar refractivity (Wildman–Crippen MR) is 102 cm³/mol. The van der Waals surface area contributed by atoms with Crippen molar-refractivity contribution in [3.05, 3.63) is 37.1 Å². The average molecular weight is 350 g/mol. The molecule has 0 aliphatic heterocycles. The quantitative estimate of drug-likeness (QED) is 0.373. The average Bonchev–Trinajstić information content (AvgIpc) is 2.52. The SMILES string of the molecule is [CH2]CCC(CCOC(=O)C(=C)C)C(C)(CCOC(=O)C(=C)C)[C](C)C. The molecule has 0 aliphatic carbocycles. The van der Waals surface area contributed by atoms with Crippen molar-refractivity contribution in [3.63, 3.8) is 0 Å². The Kier molecular flexibility index (Phi) is 10.4. The van der Waals surface area contributed by atoms with Crippen LogP contribution in [0.4, 0.5) is 0 Å². The second kappa shape index (κ2) is 11.1. The van der Waals surface area contributed by atoms with Gasteiger partial charge in [-0.3, -0.25) is 0 Å². The molecule has 0 N–H and O–H groups in total. The van der Waals surface area contributed by atoms with E-state index in [1.54, 1.807) is 13.8 Å². The van der Waals surface area contributed by atoms with Gasteiger partial charge in [-0.25, -0.2) is 9.59 Å². The zero-order valence-corrected chi connectivity index (χ0v) is 16.6. The molecule has 2 radical (unpaired) electrons. The Morgan fingerprint density at radius 2 is 1.40 bits per heavy atom. The van der Waals surface area contributed by atoms with E-state index in [4.69, 9.17) is 9.47 Å². The van der Waals surface area contributed by atoms with Gasteiger partial charge in [-0.05, 0) is 50.4 Å². The van der Waals surface area contributed by atoms with E-state index in [0.29, 0.717) is 30.8 Å². The summed E-state index contributed by atoms with van der Waals surface area (Å²) in [4.78, 5) is 23.2. The van der Waals surface area contributed by atoms with Crippen molar-refractivity contribution in [3.8, 4) is 0 Å². The zero-order chi connectivity index (χ0) is 19.6. The molecule has 0 aromatic carbocycles. The van der Waals surface area contributed by atoms with Gasteiger partial charge in [0, 0.05) is 11.1 Å². The smallest absolute Gasteiger partial charge is 0.333 e. The van der Waals surface area contributed by atoms with Crippen molar-refractivity contribution < 1.29 is 19.1 Å². The minimum absolute atomic E-state index is 0.122. The van der Waals surface area contributed by atoms with Crippen LogP contribution in [0, 0.1) is 24.2 Å². The van der Waals surface area contributed by atoms with Gasteiger partial charge in [0.15, 0.2) is 0 Å². The molecule has 0 bridgehead atoms. The summed E-state index contributed by atoms with van der Waals surface area (Å²) in [5.74, 6) is 0.836. The van der Waals surface area contributed by atoms with Crippen LogP contribution in [0.2, 0.25) is 0 Å². The summed E-state index contributed by atoms with van der Waals surface area (Å²) < 4.78 is 10.6. The molecule has 2 atom stereocenters. The molecule has 0 aromatic heterocycles. The number of carbonyl (C=O) groups excluding carboxylic acids is 2. The van der Waals surface area contributed by atoms with E-state index in [2.05, 4.69) is 40.9 Å². The number of hydrogen-bond donors (Lipinski definition) is 0. The van der Waals surface area contributed by atoms with E-state index in [9.17, 15) is 9.59 Å². The molecule has 0 saturated heterocycles. The fourth-order valence-electron chi connectivity index (χ4n) is 2.79. The van der Waals surface area contributed by atoms with Crippen molar-refractivity contribution in [1.29, 1.82) is 0 Å². The molecule has 0 amide bonds. The van der Waals surface area contributed by atoms with Crippen LogP contribution in [0.3, 0.4) is 0 Å². The first-order chi connectivity index (χ1) is 11.6. The van der Waals surface area contributed by atoms with Crippen LogP contribution in [0.25, 0.3) is 0 Å². The fourth-order valence-corrected chi connectivity index (χ4v) is 2.79. The van der Waals surface area contributed by atoms with Gasteiger partial charge in [-0.1, -0.05) is 47.3 Å². The van der Waals surface area contributed by atoms with E-state index in [1.807, 2.05) is 0 Å². The van der Waals surface area contributed by atoms with Gasteiger partial charge in [0.25, 0.3) is 0 Å². The Hall–Kier alpha value is -1.58. The fraction of sp³-hybridized carbons (Fsp3) is 0.619. The molecular weight excluding hydrogens is 316 g/mol. The molecule has 0 aromatic rings. The molecule has 2 unspecified atom stereocenters. The molecule has 25 heavy (non-hydrogen) atoms. The Morgan fingerprint density at radius 1 is 0.920 bits per heavy atom. The maximum atomic E-state index is 11.6.